The molecule has 1 aromatic rings. The highest BCUT2D eigenvalue weighted by Gasteiger charge is 2.37. The van der Waals surface area contributed by atoms with Gasteiger partial charge in [-0.1, -0.05) is 0 Å². The highest BCUT2D eigenvalue weighted by atomic mass is 19.4. The number of halogens is 3. The summed E-state index contributed by atoms with van der Waals surface area (Å²) >= 11 is 0. The van der Waals surface area contributed by atoms with Crippen LogP contribution in [-0.4, -0.2) is 17.0 Å². The molecular weight excluding hydrogens is 275 g/mol. The van der Waals surface area contributed by atoms with Crippen molar-refractivity contribution < 1.29 is 18.1 Å². The lowest BCUT2D eigenvalue weighted by Crippen LogP contribution is -2.52. The van der Waals surface area contributed by atoms with Gasteiger partial charge in [0.25, 0.3) is 5.69 Å². The molecule has 5 nitrogen and oxygen atoms in total. The van der Waals surface area contributed by atoms with Gasteiger partial charge in [0, 0.05) is 29.9 Å². The molecule has 0 spiro atoms. The molecule has 0 aliphatic heterocycles. The topological polar surface area (TPSA) is 81.2 Å². The molecule has 110 valence electrons. The third-order valence-electron chi connectivity index (χ3n) is 3.50. The lowest BCUT2D eigenvalue weighted by Gasteiger charge is -2.38. The number of benzene rings is 1. The zero-order valence-corrected chi connectivity index (χ0v) is 10.5. The summed E-state index contributed by atoms with van der Waals surface area (Å²) in [6, 6.07) is 2.65. The molecule has 1 aliphatic carbocycles. The highest BCUT2D eigenvalue weighted by molar-refractivity contribution is 5.57. The summed E-state index contributed by atoms with van der Waals surface area (Å²) in [6.07, 6.45) is -2.18. The maximum absolute atomic E-state index is 12.9. The molecule has 0 amide bonds. The van der Waals surface area contributed by atoms with Gasteiger partial charge in [-0.3, -0.25) is 10.1 Å². The van der Waals surface area contributed by atoms with E-state index in [-0.39, 0.29) is 12.2 Å². The van der Waals surface area contributed by atoms with Crippen molar-refractivity contribution in [3.05, 3.63) is 33.9 Å². The normalized spacial score (nSPS) is 17.4. The first-order valence-electron chi connectivity index (χ1n) is 6.10. The van der Waals surface area contributed by atoms with Crippen LogP contribution in [0.15, 0.2) is 18.2 Å². The third-order valence-corrected chi connectivity index (χ3v) is 3.50. The summed E-state index contributed by atoms with van der Waals surface area (Å²) in [5, 5.41) is 13.2. The summed E-state index contributed by atoms with van der Waals surface area (Å²) in [5.74, 6) is 0. The van der Waals surface area contributed by atoms with Crippen LogP contribution in [0.25, 0.3) is 0 Å². The first kappa shape index (κ1) is 14.6. The zero-order chi connectivity index (χ0) is 15.0. The Kier molecular flexibility index (Phi) is 3.59. The molecule has 1 saturated carbocycles. The Balaban J connectivity index is 2.24. The number of nitrogens with one attached hydrogen (secondary N) is 1. The molecule has 1 fully saturated rings. The maximum atomic E-state index is 12.9. The second-order valence-electron chi connectivity index (χ2n) is 5.05. The van der Waals surface area contributed by atoms with Gasteiger partial charge in [0.1, 0.15) is 0 Å². The molecule has 0 heterocycles. The van der Waals surface area contributed by atoms with Crippen LogP contribution in [-0.2, 0) is 6.18 Å². The molecule has 20 heavy (non-hydrogen) atoms. The van der Waals surface area contributed by atoms with Gasteiger partial charge in [-0.15, -0.1) is 0 Å². The van der Waals surface area contributed by atoms with Gasteiger partial charge >= 0.3 is 6.18 Å². The van der Waals surface area contributed by atoms with Crippen LogP contribution < -0.4 is 11.1 Å². The van der Waals surface area contributed by atoms with E-state index >= 15 is 0 Å². The SMILES string of the molecule is NC1(CNc2ccc([N+](=O)[O-])cc2C(F)(F)F)CCC1. The van der Waals surface area contributed by atoms with E-state index in [4.69, 9.17) is 5.73 Å². The first-order valence-corrected chi connectivity index (χ1v) is 6.10. The average Bonchev–Trinajstić information content (AvgIpc) is 2.32. The summed E-state index contributed by atoms with van der Waals surface area (Å²) in [5.41, 5.74) is 3.64. The molecule has 0 saturated heterocycles. The van der Waals surface area contributed by atoms with E-state index in [1.165, 1.54) is 0 Å². The number of non-ortho nitro benzene ring substituents is 1. The van der Waals surface area contributed by atoms with E-state index in [0.717, 1.165) is 31.4 Å². The fraction of sp³-hybridized carbons (Fsp3) is 0.500. The van der Waals surface area contributed by atoms with E-state index in [1.807, 2.05) is 0 Å². The van der Waals surface area contributed by atoms with Crippen LogP contribution in [0.1, 0.15) is 24.8 Å². The second kappa shape index (κ2) is 4.93. The number of anilines is 1. The molecule has 2 rings (SSSR count). The van der Waals surface area contributed by atoms with E-state index < -0.39 is 27.9 Å². The monoisotopic (exact) mass is 289 g/mol. The predicted molar refractivity (Wildman–Crippen MR) is 67.4 cm³/mol. The standard InChI is InChI=1S/C12H14F3N3O2/c13-12(14,15)9-6-8(18(19)20)2-3-10(9)17-7-11(16)4-1-5-11/h2-3,6,17H,1,4-5,7,16H2. The first-order chi connectivity index (χ1) is 9.21. The number of nitrogens with two attached hydrogens (primary N) is 1. The summed E-state index contributed by atoms with van der Waals surface area (Å²) in [4.78, 5) is 9.71. The van der Waals surface area contributed by atoms with Crippen molar-refractivity contribution in [1.82, 2.24) is 0 Å². The lowest BCUT2D eigenvalue weighted by atomic mass is 9.77. The van der Waals surface area contributed by atoms with Crippen LogP contribution in [0.2, 0.25) is 0 Å². The molecule has 8 heteroatoms. The van der Waals surface area contributed by atoms with Gasteiger partial charge in [0.15, 0.2) is 0 Å². The molecule has 1 aromatic carbocycles. The minimum atomic E-state index is -4.66. The van der Waals surface area contributed by atoms with Crippen molar-refractivity contribution in [3.63, 3.8) is 0 Å². The van der Waals surface area contributed by atoms with Crippen LogP contribution in [0.3, 0.4) is 0 Å². The van der Waals surface area contributed by atoms with E-state index in [1.54, 1.807) is 0 Å². The van der Waals surface area contributed by atoms with Crippen molar-refractivity contribution >= 4 is 11.4 Å². The number of nitro groups is 1. The molecular formula is C12H14F3N3O2. The Morgan fingerprint density at radius 3 is 2.50 bits per heavy atom. The minimum absolute atomic E-state index is 0.181. The maximum Gasteiger partial charge on any atom is 0.418 e. The Bertz CT molecular complexity index is 527. The van der Waals surface area contributed by atoms with Crippen LogP contribution >= 0.6 is 0 Å². The van der Waals surface area contributed by atoms with Gasteiger partial charge in [0.2, 0.25) is 0 Å². The number of nitrogens with zero attached hydrogens (tertiary/aromatic N) is 1. The zero-order valence-electron chi connectivity index (χ0n) is 10.5. The number of hydrogen-bond acceptors (Lipinski definition) is 4. The average molecular weight is 289 g/mol. The smallest absolute Gasteiger partial charge is 0.383 e. The fourth-order valence-electron chi connectivity index (χ4n) is 2.11. The molecule has 3 N–H and O–H groups in total. The minimum Gasteiger partial charge on any atom is -0.383 e. The van der Waals surface area contributed by atoms with Gasteiger partial charge < -0.3 is 11.1 Å². The lowest BCUT2D eigenvalue weighted by molar-refractivity contribution is -0.385. The molecule has 0 unspecified atom stereocenters. The van der Waals surface area contributed by atoms with Gasteiger partial charge in [-0.25, -0.2) is 0 Å². The number of rotatable bonds is 4. The van der Waals surface area contributed by atoms with Crippen molar-refractivity contribution in [2.24, 2.45) is 5.73 Å². The van der Waals surface area contributed by atoms with Crippen LogP contribution in [0, 0.1) is 10.1 Å². The largest absolute Gasteiger partial charge is 0.418 e. The second-order valence-corrected chi connectivity index (χ2v) is 5.05. The van der Waals surface area contributed by atoms with Crippen molar-refractivity contribution in [2.75, 3.05) is 11.9 Å². The summed E-state index contributed by atoms with van der Waals surface area (Å²) in [7, 11) is 0. The van der Waals surface area contributed by atoms with Crippen LogP contribution in [0.5, 0.6) is 0 Å². The van der Waals surface area contributed by atoms with Crippen molar-refractivity contribution in [3.8, 4) is 0 Å². The summed E-state index contributed by atoms with van der Waals surface area (Å²) in [6.45, 7) is 0.216. The van der Waals surface area contributed by atoms with Crippen LogP contribution in [0.4, 0.5) is 24.5 Å². The van der Waals surface area contributed by atoms with Gasteiger partial charge in [-0.2, -0.15) is 13.2 Å². The number of hydrogen-bond donors (Lipinski definition) is 2. The predicted octanol–water partition coefficient (Wildman–Crippen LogP) is 2.91. The van der Waals surface area contributed by atoms with Gasteiger partial charge in [-0.05, 0) is 25.3 Å². The third kappa shape index (κ3) is 3.01. The molecule has 0 aromatic heterocycles. The highest BCUT2D eigenvalue weighted by Crippen LogP contribution is 2.38. The number of nitro benzene ring substituents is 1. The fourth-order valence-corrected chi connectivity index (χ4v) is 2.11. The van der Waals surface area contributed by atoms with Crippen molar-refractivity contribution in [1.29, 1.82) is 0 Å². The van der Waals surface area contributed by atoms with E-state index in [9.17, 15) is 23.3 Å². The Labute approximate surface area is 113 Å². The molecule has 0 radical (unpaired) electrons. The van der Waals surface area contributed by atoms with Gasteiger partial charge in [0.05, 0.1) is 10.5 Å². The summed E-state index contributed by atoms with van der Waals surface area (Å²) < 4.78 is 38.7. The van der Waals surface area contributed by atoms with E-state index in [0.29, 0.717) is 6.07 Å². The quantitative estimate of drug-likeness (QED) is 0.659. The Morgan fingerprint density at radius 1 is 1.40 bits per heavy atom. The molecule has 1 aliphatic rings. The Hall–Kier alpha value is -1.83. The van der Waals surface area contributed by atoms with Crippen molar-refractivity contribution in [2.45, 2.75) is 31.0 Å². The Morgan fingerprint density at radius 2 is 2.05 bits per heavy atom. The number of alkyl halides is 3. The molecule has 0 atom stereocenters. The van der Waals surface area contributed by atoms with E-state index in [2.05, 4.69) is 5.32 Å². The molecule has 0 bridgehead atoms.